The number of rotatable bonds is 4. The van der Waals surface area contributed by atoms with Crippen LogP contribution >= 0.6 is 0 Å². The normalized spacial score (nSPS) is 25.9. The molecular formula is C15H28N2O. The van der Waals surface area contributed by atoms with Crippen LogP contribution in [0.15, 0.2) is 0 Å². The molecule has 3 heteroatoms. The second kappa shape index (κ2) is 6.55. The Balaban J connectivity index is 1.99. The summed E-state index contributed by atoms with van der Waals surface area (Å²) in [7, 11) is 0. The maximum Gasteiger partial charge on any atom is 0.225 e. The van der Waals surface area contributed by atoms with Gasteiger partial charge in [0, 0.05) is 18.5 Å². The van der Waals surface area contributed by atoms with Crippen molar-refractivity contribution in [3.63, 3.8) is 0 Å². The van der Waals surface area contributed by atoms with E-state index in [-0.39, 0.29) is 5.92 Å². The fourth-order valence-corrected chi connectivity index (χ4v) is 3.66. The Labute approximate surface area is 111 Å². The Hall–Kier alpha value is -0.570. The number of hydrogen-bond acceptors (Lipinski definition) is 2. The summed E-state index contributed by atoms with van der Waals surface area (Å²) in [6, 6.07) is 0.542. The Bertz CT molecular complexity index is 270. The van der Waals surface area contributed by atoms with Gasteiger partial charge in [0.25, 0.3) is 0 Å². The molecule has 1 unspecified atom stereocenters. The van der Waals surface area contributed by atoms with Crippen molar-refractivity contribution in [1.29, 1.82) is 0 Å². The van der Waals surface area contributed by atoms with Gasteiger partial charge in [-0.15, -0.1) is 0 Å². The SMILES string of the molecule is CCC(CC)C(=O)N1CCCC1C1CCNCC1. The highest BCUT2D eigenvalue weighted by atomic mass is 16.2. The zero-order valence-corrected chi connectivity index (χ0v) is 12.0. The van der Waals surface area contributed by atoms with Crippen LogP contribution in [0.5, 0.6) is 0 Å². The van der Waals surface area contributed by atoms with Crippen LogP contribution in [-0.4, -0.2) is 36.5 Å². The summed E-state index contributed by atoms with van der Waals surface area (Å²) in [5, 5.41) is 3.42. The molecule has 2 aliphatic heterocycles. The summed E-state index contributed by atoms with van der Waals surface area (Å²) >= 11 is 0. The van der Waals surface area contributed by atoms with Gasteiger partial charge in [0.05, 0.1) is 0 Å². The molecule has 2 fully saturated rings. The molecule has 2 saturated heterocycles. The molecular weight excluding hydrogens is 224 g/mol. The van der Waals surface area contributed by atoms with E-state index in [4.69, 9.17) is 0 Å². The molecule has 0 aromatic carbocycles. The average molecular weight is 252 g/mol. The molecule has 0 spiro atoms. The summed E-state index contributed by atoms with van der Waals surface area (Å²) < 4.78 is 0. The van der Waals surface area contributed by atoms with E-state index in [2.05, 4.69) is 24.1 Å². The first-order valence-corrected chi connectivity index (χ1v) is 7.79. The Morgan fingerprint density at radius 2 is 1.89 bits per heavy atom. The highest BCUT2D eigenvalue weighted by molar-refractivity contribution is 5.79. The summed E-state index contributed by atoms with van der Waals surface area (Å²) in [5.41, 5.74) is 0. The van der Waals surface area contributed by atoms with Gasteiger partial charge in [0.2, 0.25) is 5.91 Å². The minimum atomic E-state index is 0.257. The van der Waals surface area contributed by atoms with Crippen molar-refractivity contribution in [1.82, 2.24) is 10.2 Å². The predicted octanol–water partition coefficient (Wildman–Crippen LogP) is 2.41. The second-order valence-electron chi connectivity index (χ2n) is 5.84. The zero-order chi connectivity index (χ0) is 13.0. The quantitative estimate of drug-likeness (QED) is 0.833. The first-order valence-electron chi connectivity index (χ1n) is 7.79. The van der Waals surface area contributed by atoms with Crippen LogP contribution in [0.3, 0.4) is 0 Å². The topological polar surface area (TPSA) is 32.3 Å². The van der Waals surface area contributed by atoms with Crippen molar-refractivity contribution < 1.29 is 4.79 Å². The molecule has 104 valence electrons. The molecule has 3 nitrogen and oxygen atoms in total. The van der Waals surface area contributed by atoms with Gasteiger partial charge < -0.3 is 10.2 Å². The van der Waals surface area contributed by atoms with Gasteiger partial charge in [-0.1, -0.05) is 13.8 Å². The standard InChI is InChI=1S/C15H28N2O/c1-3-12(4-2)15(18)17-11-5-6-14(17)13-7-9-16-10-8-13/h12-14,16H,3-11H2,1-2H3. The lowest BCUT2D eigenvalue weighted by Gasteiger charge is -2.35. The number of nitrogens with one attached hydrogen (secondary N) is 1. The third-order valence-corrected chi connectivity index (χ3v) is 4.85. The molecule has 0 bridgehead atoms. The van der Waals surface area contributed by atoms with Crippen LogP contribution in [0.2, 0.25) is 0 Å². The van der Waals surface area contributed by atoms with E-state index in [9.17, 15) is 4.79 Å². The minimum Gasteiger partial charge on any atom is -0.339 e. The summed E-state index contributed by atoms with van der Waals surface area (Å²) in [6.45, 7) is 7.55. The van der Waals surface area contributed by atoms with Crippen LogP contribution < -0.4 is 5.32 Å². The molecule has 18 heavy (non-hydrogen) atoms. The van der Waals surface area contributed by atoms with E-state index < -0.39 is 0 Å². The van der Waals surface area contributed by atoms with Crippen molar-refractivity contribution in [2.24, 2.45) is 11.8 Å². The Morgan fingerprint density at radius 1 is 1.22 bits per heavy atom. The monoisotopic (exact) mass is 252 g/mol. The molecule has 1 amide bonds. The van der Waals surface area contributed by atoms with Crippen molar-refractivity contribution in [2.75, 3.05) is 19.6 Å². The van der Waals surface area contributed by atoms with Crippen molar-refractivity contribution in [3.8, 4) is 0 Å². The zero-order valence-electron chi connectivity index (χ0n) is 12.0. The average Bonchev–Trinajstić information content (AvgIpc) is 2.90. The number of likely N-dealkylation sites (tertiary alicyclic amines) is 1. The van der Waals surface area contributed by atoms with Gasteiger partial charge in [-0.2, -0.15) is 0 Å². The summed E-state index contributed by atoms with van der Waals surface area (Å²) in [5.74, 6) is 1.43. The largest absolute Gasteiger partial charge is 0.339 e. The molecule has 2 heterocycles. The number of nitrogens with zero attached hydrogens (tertiary/aromatic N) is 1. The van der Waals surface area contributed by atoms with E-state index in [0.29, 0.717) is 11.9 Å². The maximum absolute atomic E-state index is 12.6. The van der Waals surface area contributed by atoms with Crippen LogP contribution in [0.25, 0.3) is 0 Å². The maximum atomic E-state index is 12.6. The highest BCUT2D eigenvalue weighted by Crippen LogP contribution is 2.31. The molecule has 2 aliphatic rings. The lowest BCUT2D eigenvalue weighted by Crippen LogP contribution is -2.45. The van der Waals surface area contributed by atoms with Crippen molar-refractivity contribution in [3.05, 3.63) is 0 Å². The minimum absolute atomic E-state index is 0.257. The summed E-state index contributed by atoms with van der Waals surface area (Å²) in [4.78, 5) is 14.8. The lowest BCUT2D eigenvalue weighted by molar-refractivity contribution is -0.137. The van der Waals surface area contributed by atoms with E-state index in [1.54, 1.807) is 0 Å². The van der Waals surface area contributed by atoms with Gasteiger partial charge >= 0.3 is 0 Å². The molecule has 0 aromatic heterocycles. The first-order chi connectivity index (χ1) is 8.77. The fourth-order valence-electron chi connectivity index (χ4n) is 3.66. The molecule has 0 aromatic rings. The molecule has 0 saturated carbocycles. The number of piperidine rings is 1. The Morgan fingerprint density at radius 3 is 2.50 bits per heavy atom. The van der Waals surface area contributed by atoms with Gasteiger partial charge in [0.1, 0.15) is 0 Å². The highest BCUT2D eigenvalue weighted by Gasteiger charge is 2.36. The number of hydrogen-bond donors (Lipinski definition) is 1. The molecule has 1 atom stereocenters. The molecule has 0 aliphatic carbocycles. The van der Waals surface area contributed by atoms with Crippen LogP contribution in [-0.2, 0) is 4.79 Å². The molecule has 2 rings (SSSR count). The molecule has 1 N–H and O–H groups in total. The Kier molecular flexibility index (Phi) is 5.04. The fraction of sp³-hybridized carbons (Fsp3) is 0.933. The lowest BCUT2D eigenvalue weighted by atomic mass is 9.88. The smallest absolute Gasteiger partial charge is 0.225 e. The third kappa shape index (κ3) is 2.87. The second-order valence-corrected chi connectivity index (χ2v) is 5.84. The van der Waals surface area contributed by atoms with E-state index in [1.807, 2.05) is 0 Å². The number of carbonyl (C=O) groups is 1. The van der Waals surface area contributed by atoms with Gasteiger partial charge in [0.15, 0.2) is 0 Å². The predicted molar refractivity (Wildman–Crippen MR) is 74.4 cm³/mol. The van der Waals surface area contributed by atoms with E-state index >= 15 is 0 Å². The van der Waals surface area contributed by atoms with Crippen LogP contribution in [0.4, 0.5) is 0 Å². The van der Waals surface area contributed by atoms with Crippen LogP contribution in [0.1, 0.15) is 52.4 Å². The van der Waals surface area contributed by atoms with Gasteiger partial charge in [-0.25, -0.2) is 0 Å². The van der Waals surface area contributed by atoms with E-state index in [1.165, 1.54) is 25.7 Å². The van der Waals surface area contributed by atoms with Crippen molar-refractivity contribution in [2.45, 2.75) is 58.4 Å². The molecule has 0 radical (unpaired) electrons. The summed E-state index contributed by atoms with van der Waals surface area (Å²) in [6.07, 6.45) is 6.92. The van der Waals surface area contributed by atoms with Gasteiger partial charge in [-0.3, -0.25) is 4.79 Å². The van der Waals surface area contributed by atoms with Crippen molar-refractivity contribution >= 4 is 5.91 Å². The first kappa shape index (κ1) is 13.9. The number of amides is 1. The van der Waals surface area contributed by atoms with Gasteiger partial charge in [-0.05, 0) is 57.5 Å². The van der Waals surface area contributed by atoms with Crippen LogP contribution in [0, 0.1) is 11.8 Å². The third-order valence-electron chi connectivity index (χ3n) is 4.85. The van der Waals surface area contributed by atoms with E-state index in [0.717, 1.165) is 38.4 Å². The number of carbonyl (C=O) groups excluding carboxylic acids is 1.